The lowest BCUT2D eigenvalue weighted by molar-refractivity contribution is 0.203. The van der Waals surface area contributed by atoms with Crippen molar-refractivity contribution in [2.75, 3.05) is 5.32 Å². The van der Waals surface area contributed by atoms with Crippen LogP contribution in [0.15, 0.2) is 24.8 Å². The van der Waals surface area contributed by atoms with Crippen LogP contribution >= 0.6 is 0 Å². The third kappa shape index (κ3) is 2.87. The van der Waals surface area contributed by atoms with E-state index in [1.807, 2.05) is 30.8 Å². The topological polar surface area (TPSA) is 85.8 Å². The predicted octanol–water partition coefficient (Wildman–Crippen LogP) is 3.68. The molecule has 28 heavy (non-hydrogen) atoms. The second kappa shape index (κ2) is 6.50. The highest BCUT2D eigenvalue weighted by Crippen LogP contribution is 2.32. The highest BCUT2D eigenvalue weighted by molar-refractivity contribution is 5.79. The first-order valence-corrected chi connectivity index (χ1v) is 9.51. The molecule has 9 heteroatoms. The van der Waals surface area contributed by atoms with E-state index in [0.717, 1.165) is 46.5 Å². The average molecular weight is 380 g/mol. The van der Waals surface area contributed by atoms with Gasteiger partial charge in [0.1, 0.15) is 12.5 Å². The zero-order valence-corrected chi connectivity index (χ0v) is 15.8. The van der Waals surface area contributed by atoms with Gasteiger partial charge in [-0.1, -0.05) is 0 Å². The zero-order chi connectivity index (χ0) is 19.3. The summed E-state index contributed by atoms with van der Waals surface area (Å²) in [6.45, 7) is 3.96. The average Bonchev–Trinajstić information content (AvgIpc) is 3.27. The molecular formula is C19H21FN8. The van der Waals surface area contributed by atoms with E-state index in [2.05, 4.69) is 25.5 Å². The highest BCUT2D eigenvalue weighted by Gasteiger charge is 2.25. The molecule has 144 valence electrons. The van der Waals surface area contributed by atoms with Crippen LogP contribution in [0.1, 0.15) is 43.0 Å². The fraction of sp³-hybridized carbons (Fsp3) is 0.421. The van der Waals surface area contributed by atoms with Gasteiger partial charge in [-0.05, 0) is 51.2 Å². The molecule has 0 aromatic carbocycles. The Morgan fingerprint density at radius 3 is 2.79 bits per heavy atom. The molecule has 0 bridgehead atoms. The maximum Gasteiger partial charge on any atom is 0.229 e. The minimum atomic E-state index is -0.694. The van der Waals surface area contributed by atoms with Gasteiger partial charge in [0.25, 0.3) is 0 Å². The number of nitrogens with zero attached hydrogens (tertiary/aromatic N) is 7. The normalized spacial score (nSPS) is 20.1. The van der Waals surface area contributed by atoms with E-state index in [4.69, 9.17) is 4.98 Å². The van der Waals surface area contributed by atoms with E-state index in [-0.39, 0.29) is 6.04 Å². The molecule has 1 fully saturated rings. The number of nitrogens with one attached hydrogen (secondary N) is 1. The number of hydrogen-bond donors (Lipinski definition) is 1. The van der Waals surface area contributed by atoms with Crippen LogP contribution in [-0.2, 0) is 0 Å². The van der Waals surface area contributed by atoms with Crippen molar-refractivity contribution in [2.45, 2.75) is 51.7 Å². The maximum absolute atomic E-state index is 13.5. The third-order valence-electron chi connectivity index (χ3n) is 5.47. The molecule has 4 aromatic heterocycles. The van der Waals surface area contributed by atoms with Gasteiger partial charge in [0.05, 0.1) is 29.0 Å². The summed E-state index contributed by atoms with van der Waals surface area (Å²) >= 11 is 0. The number of halogens is 1. The van der Waals surface area contributed by atoms with Gasteiger partial charge in [-0.15, -0.1) is 0 Å². The molecule has 1 aliphatic carbocycles. The van der Waals surface area contributed by atoms with E-state index < -0.39 is 6.17 Å². The molecule has 1 aliphatic rings. The van der Waals surface area contributed by atoms with Crippen LogP contribution in [-0.4, -0.2) is 40.5 Å². The van der Waals surface area contributed by atoms with Gasteiger partial charge < -0.3 is 5.32 Å². The molecule has 0 spiro atoms. The Morgan fingerprint density at radius 2 is 1.96 bits per heavy atom. The van der Waals surface area contributed by atoms with Crippen LogP contribution in [0.5, 0.6) is 0 Å². The molecule has 0 radical (unpaired) electrons. The summed E-state index contributed by atoms with van der Waals surface area (Å²) in [6, 6.07) is 2.14. The van der Waals surface area contributed by atoms with Gasteiger partial charge in [-0.2, -0.15) is 15.2 Å². The first-order chi connectivity index (χ1) is 13.6. The number of rotatable bonds is 3. The van der Waals surface area contributed by atoms with Crippen LogP contribution < -0.4 is 5.32 Å². The molecule has 8 nitrogen and oxygen atoms in total. The molecule has 0 atom stereocenters. The van der Waals surface area contributed by atoms with E-state index >= 15 is 0 Å². The lowest BCUT2D eigenvalue weighted by Crippen LogP contribution is -2.20. The van der Waals surface area contributed by atoms with Crippen molar-refractivity contribution >= 4 is 28.3 Å². The number of hydrogen-bond acceptors (Lipinski definition) is 6. The third-order valence-corrected chi connectivity index (χ3v) is 5.47. The number of aromatic nitrogens is 7. The SMILES string of the molecule is Cc1cc2ncnn2cc1Nc1ncc2c(C)nn([C@H]3CC[C@@H](F)CC3)c2n1. The molecule has 4 aromatic rings. The number of pyridine rings is 1. The van der Waals surface area contributed by atoms with Gasteiger partial charge in [0.2, 0.25) is 5.95 Å². The first kappa shape index (κ1) is 17.0. The number of alkyl halides is 1. The van der Waals surface area contributed by atoms with Gasteiger partial charge >= 0.3 is 0 Å². The van der Waals surface area contributed by atoms with Gasteiger partial charge in [0.15, 0.2) is 11.3 Å². The molecule has 0 saturated heterocycles. The summed E-state index contributed by atoms with van der Waals surface area (Å²) in [6.07, 6.45) is 7.23. The van der Waals surface area contributed by atoms with E-state index in [9.17, 15) is 4.39 Å². The summed E-state index contributed by atoms with van der Waals surface area (Å²) < 4.78 is 17.2. The minimum Gasteiger partial charge on any atom is -0.323 e. The van der Waals surface area contributed by atoms with Gasteiger partial charge in [-0.25, -0.2) is 23.6 Å². The molecule has 0 aliphatic heterocycles. The monoisotopic (exact) mass is 380 g/mol. The largest absolute Gasteiger partial charge is 0.323 e. The number of anilines is 2. The number of fused-ring (bicyclic) bond motifs is 2. The van der Waals surface area contributed by atoms with Crippen molar-refractivity contribution in [3.8, 4) is 0 Å². The first-order valence-electron chi connectivity index (χ1n) is 9.51. The Bertz CT molecular complexity index is 1160. The Hall–Kier alpha value is -3.10. The van der Waals surface area contributed by atoms with Gasteiger partial charge in [0, 0.05) is 6.20 Å². The molecule has 0 unspecified atom stereocenters. The van der Waals surface area contributed by atoms with Crippen molar-refractivity contribution in [3.05, 3.63) is 36.0 Å². The molecule has 5 rings (SSSR count). The molecule has 1 N–H and O–H groups in total. The van der Waals surface area contributed by atoms with Crippen molar-refractivity contribution < 1.29 is 4.39 Å². The van der Waals surface area contributed by atoms with Crippen LogP contribution in [0, 0.1) is 13.8 Å². The fourth-order valence-corrected chi connectivity index (χ4v) is 3.87. The summed E-state index contributed by atoms with van der Waals surface area (Å²) in [5.41, 5.74) is 4.35. The maximum atomic E-state index is 13.5. The highest BCUT2D eigenvalue weighted by atomic mass is 19.1. The van der Waals surface area contributed by atoms with Crippen LogP contribution in [0.3, 0.4) is 0 Å². The van der Waals surface area contributed by atoms with Crippen molar-refractivity contribution in [1.82, 2.24) is 34.3 Å². The molecule has 4 heterocycles. The van der Waals surface area contributed by atoms with Crippen molar-refractivity contribution in [3.63, 3.8) is 0 Å². The minimum absolute atomic E-state index is 0.180. The quantitative estimate of drug-likeness (QED) is 0.583. The lowest BCUT2D eigenvalue weighted by atomic mass is 9.94. The molecule has 0 amide bonds. The second-order valence-corrected chi connectivity index (χ2v) is 7.42. The van der Waals surface area contributed by atoms with Crippen LogP contribution in [0.25, 0.3) is 16.7 Å². The smallest absolute Gasteiger partial charge is 0.229 e. The van der Waals surface area contributed by atoms with Gasteiger partial charge in [-0.3, -0.25) is 0 Å². The summed E-state index contributed by atoms with van der Waals surface area (Å²) in [7, 11) is 0. The Kier molecular flexibility index (Phi) is 3.96. The van der Waals surface area contributed by atoms with Crippen molar-refractivity contribution in [2.24, 2.45) is 0 Å². The second-order valence-electron chi connectivity index (χ2n) is 7.42. The fourth-order valence-electron chi connectivity index (χ4n) is 3.87. The molecular weight excluding hydrogens is 359 g/mol. The van der Waals surface area contributed by atoms with E-state index in [1.165, 1.54) is 6.33 Å². The van der Waals surface area contributed by atoms with Crippen LogP contribution in [0.4, 0.5) is 16.0 Å². The summed E-state index contributed by atoms with van der Waals surface area (Å²) in [5, 5.41) is 13.1. The van der Waals surface area contributed by atoms with Crippen LogP contribution in [0.2, 0.25) is 0 Å². The summed E-state index contributed by atoms with van der Waals surface area (Å²) in [5.74, 6) is 0.496. The number of aryl methyl sites for hydroxylation is 2. The van der Waals surface area contributed by atoms with Crippen molar-refractivity contribution in [1.29, 1.82) is 0 Å². The lowest BCUT2D eigenvalue weighted by Gasteiger charge is -2.24. The Labute approximate surface area is 160 Å². The molecule has 1 saturated carbocycles. The predicted molar refractivity (Wildman–Crippen MR) is 103 cm³/mol. The van der Waals surface area contributed by atoms with E-state index in [0.29, 0.717) is 18.8 Å². The summed E-state index contributed by atoms with van der Waals surface area (Å²) in [4.78, 5) is 13.4. The zero-order valence-electron chi connectivity index (χ0n) is 15.8. The Balaban J connectivity index is 1.51. The van der Waals surface area contributed by atoms with E-state index in [1.54, 1.807) is 10.7 Å². The standard InChI is InChI=1S/C19H21FN8/c1-11-7-17-22-10-23-27(17)9-16(11)24-19-21-8-15-12(2)26-28(18(15)25-19)14-5-3-13(20)4-6-14/h7-10,13-14H,3-6H2,1-2H3,(H,21,24,25)/t13-,14+. The Morgan fingerprint density at radius 1 is 1.14 bits per heavy atom.